The van der Waals surface area contributed by atoms with Crippen LogP contribution in [0.5, 0.6) is 5.75 Å². The van der Waals surface area contributed by atoms with Gasteiger partial charge in [0.1, 0.15) is 5.56 Å². The van der Waals surface area contributed by atoms with Gasteiger partial charge in [-0.05, 0) is 61.4 Å². The first-order valence-corrected chi connectivity index (χ1v) is 12.8. The van der Waals surface area contributed by atoms with Crippen molar-refractivity contribution in [2.24, 2.45) is 0 Å². The number of likely N-dealkylation sites (N-methyl/N-ethyl adjacent to an activating group) is 1. The van der Waals surface area contributed by atoms with Crippen molar-refractivity contribution in [2.75, 3.05) is 32.7 Å². The third-order valence-corrected chi connectivity index (χ3v) is 7.02. The average molecular weight is 498 g/mol. The summed E-state index contributed by atoms with van der Waals surface area (Å²) in [5, 5.41) is 21.6. The van der Waals surface area contributed by atoms with E-state index in [1.165, 1.54) is 25.2 Å². The molecule has 0 aliphatic carbocycles. The van der Waals surface area contributed by atoms with Crippen molar-refractivity contribution in [2.45, 2.75) is 47.1 Å². The van der Waals surface area contributed by atoms with Gasteiger partial charge in [0.05, 0.1) is 11.2 Å². The molecular formula is C28H36ClN3O3. The maximum Gasteiger partial charge on any atom is 0.340 e. The largest absolute Gasteiger partial charge is 0.505 e. The molecule has 0 bridgehead atoms. The Bertz CT molecular complexity index is 1160. The lowest BCUT2D eigenvalue weighted by Crippen LogP contribution is -2.30. The van der Waals surface area contributed by atoms with Crippen molar-refractivity contribution in [3.8, 4) is 5.75 Å². The van der Waals surface area contributed by atoms with Crippen LogP contribution in [0.25, 0.3) is 10.9 Å². The minimum atomic E-state index is -1.15. The topological polar surface area (TPSA) is 76.9 Å². The zero-order valence-electron chi connectivity index (χ0n) is 21.1. The third-order valence-electron chi connectivity index (χ3n) is 6.77. The van der Waals surface area contributed by atoms with Gasteiger partial charge in [-0.1, -0.05) is 63.6 Å². The fourth-order valence-electron chi connectivity index (χ4n) is 4.54. The number of carboxylic acid groups (broad SMARTS) is 1. The Morgan fingerprint density at radius 1 is 1.06 bits per heavy atom. The van der Waals surface area contributed by atoms with Crippen LogP contribution in [0.2, 0.25) is 5.02 Å². The highest BCUT2D eigenvalue weighted by Gasteiger charge is 2.25. The van der Waals surface area contributed by atoms with Crippen LogP contribution in [-0.4, -0.2) is 63.7 Å². The highest BCUT2D eigenvalue weighted by atomic mass is 35.5. The first kappa shape index (κ1) is 26.9. The summed E-state index contributed by atoms with van der Waals surface area (Å²) in [5.41, 5.74) is 4.13. The molecule has 0 spiro atoms. The molecule has 2 N–H and O–H groups in total. The van der Waals surface area contributed by atoms with Crippen molar-refractivity contribution >= 4 is 28.5 Å². The number of fused-ring (bicyclic) bond motifs is 3. The molecule has 2 heterocycles. The van der Waals surface area contributed by atoms with E-state index in [2.05, 4.69) is 37.5 Å². The number of aromatic nitrogens is 1. The van der Waals surface area contributed by atoms with Gasteiger partial charge in [-0.2, -0.15) is 0 Å². The van der Waals surface area contributed by atoms with E-state index in [0.717, 1.165) is 37.2 Å². The number of carbonyl (C=O) groups is 1. The summed E-state index contributed by atoms with van der Waals surface area (Å²) in [4.78, 5) is 21.4. The van der Waals surface area contributed by atoms with E-state index >= 15 is 0 Å². The number of nitrogens with zero attached hydrogens (tertiary/aromatic N) is 3. The summed E-state index contributed by atoms with van der Waals surface area (Å²) in [6.45, 7) is 14.9. The van der Waals surface area contributed by atoms with Crippen molar-refractivity contribution < 1.29 is 15.0 Å². The van der Waals surface area contributed by atoms with Crippen LogP contribution in [-0.2, 0) is 19.4 Å². The minimum Gasteiger partial charge on any atom is -0.505 e. The highest BCUT2D eigenvalue weighted by Crippen LogP contribution is 2.35. The van der Waals surface area contributed by atoms with Gasteiger partial charge in [0.2, 0.25) is 0 Å². The number of aromatic hydroxyl groups is 1. The molecule has 1 aromatic heterocycles. The van der Waals surface area contributed by atoms with Gasteiger partial charge >= 0.3 is 5.97 Å². The zero-order valence-corrected chi connectivity index (χ0v) is 21.9. The molecule has 4 rings (SSSR count). The Labute approximate surface area is 213 Å². The van der Waals surface area contributed by atoms with E-state index in [-0.39, 0.29) is 11.3 Å². The lowest BCUT2D eigenvalue weighted by atomic mass is 9.93. The number of rotatable bonds is 7. The summed E-state index contributed by atoms with van der Waals surface area (Å²) in [5.74, 6) is -1.41. The molecule has 6 nitrogen and oxygen atoms in total. The number of hydrogen-bond acceptors (Lipinski definition) is 5. The van der Waals surface area contributed by atoms with Crippen molar-refractivity contribution in [3.63, 3.8) is 0 Å². The fraction of sp³-hybridized carbons (Fsp3) is 0.429. The van der Waals surface area contributed by atoms with Crippen LogP contribution in [0.1, 0.15) is 60.4 Å². The van der Waals surface area contributed by atoms with Crippen LogP contribution >= 0.6 is 11.6 Å². The molecule has 2 aromatic carbocycles. The fourth-order valence-corrected chi connectivity index (χ4v) is 4.66. The number of benzene rings is 2. The molecule has 35 heavy (non-hydrogen) atoms. The van der Waals surface area contributed by atoms with Gasteiger partial charge < -0.3 is 15.1 Å². The van der Waals surface area contributed by atoms with E-state index in [4.69, 9.17) is 16.6 Å². The molecule has 0 atom stereocenters. The Morgan fingerprint density at radius 2 is 1.71 bits per heavy atom. The van der Waals surface area contributed by atoms with Gasteiger partial charge in [-0.3, -0.25) is 4.90 Å². The SMILES string of the molecule is CCN(CC)CC.CCN1CCc2ccc3c(C(=O)O)c(O)c(Cc4ccc(Cl)cc4)nc3c2C1. The Hall–Kier alpha value is -2.67. The summed E-state index contributed by atoms with van der Waals surface area (Å²) < 4.78 is 0. The van der Waals surface area contributed by atoms with Gasteiger partial charge in [0, 0.05) is 29.9 Å². The molecular weight excluding hydrogens is 462 g/mol. The number of pyridine rings is 1. The van der Waals surface area contributed by atoms with E-state index < -0.39 is 5.97 Å². The lowest BCUT2D eigenvalue weighted by Gasteiger charge is -2.28. The molecule has 3 aromatic rings. The predicted octanol–water partition coefficient (Wildman–Crippen LogP) is 5.61. The molecule has 1 aliphatic rings. The van der Waals surface area contributed by atoms with Gasteiger partial charge in [-0.25, -0.2) is 9.78 Å². The van der Waals surface area contributed by atoms with Crippen molar-refractivity contribution in [1.29, 1.82) is 0 Å². The number of aromatic carboxylic acids is 1. The molecule has 0 saturated heterocycles. The second kappa shape index (κ2) is 12.3. The molecule has 0 radical (unpaired) electrons. The van der Waals surface area contributed by atoms with Crippen LogP contribution < -0.4 is 0 Å². The molecule has 7 heteroatoms. The molecule has 188 valence electrons. The van der Waals surface area contributed by atoms with Gasteiger partial charge in [0.25, 0.3) is 0 Å². The van der Waals surface area contributed by atoms with Gasteiger partial charge in [0.15, 0.2) is 5.75 Å². The monoisotopic (exact) mass is 497 g/mol. The second-order valence-corrected chi connectivity index (χ2v) is 9.16. The third kappa shape index (κ3) is 6.31. The summed E-state index contributed by atoms with van der Waals surface area (Å²) in [7, 11) is 0. The quantitative estimate of drug-likeness (QED) is 0.442. The average Bonchev–Trinajstić information content (AvgIpc) is 2.86. The number of carboxylic acids is 1. The predicted molar refractivity (Wildman–Crippen MR) is 143 cm³/mol. The van der Waals surface area contributed by atoms with Crippen LogP contribution in [0.3, 0.4) is 0 Å². The molecule has 1 aliphatic heterocycles. The molecule has 0 unspecified atom stereocenters. The van der Waals surface area contributed by atoms with E-state index in [0.29, 0.717) is 28.0 Å². The maximum absolute atomic E-state index is 12.0. The summed E-state index contributed by atoms with van der Waals surface area (Å²) in [6, 6.07) is 11.0. The first-order chi connectivity index (χ1) is 16.8. The lowest BCUT2D eigenvalue weighted by molar-refractivity contribution is 0.0695. The number of hydrogen-bond donors (Lipinski definition) is 2. The Morgan fingerprint density at radius 3 is 2.26 bits per heavy atom. The minimum absolute atomic E-state index is 0.0783. The van der Waals surface area contributed by atoms with E-state index in [9.17, 15) is 15.0 Å². The van der Waals surface area contributed by atoms with E-state index in [1.807, 2.05) is 18.2 Å². The first-order valence-electron chi connectivity index (χ1n) is 12.4. The van der Waals surface area contributed by atoms with Crippen LogP contribution in [0.4, 0.5) is 0 Å². The smallest absolute Gasteiger partial charge is 0.340 e. The maximum atomic E-state index is 12.0. The Kier molecular flexibility index (Phi) is 9.49. The van der Waals surface area contributed by atoms with Crippen LogP contribution in [0, 0.1) is 0 Å². The number of halogens is 1. The van der Waals surface area contributed by atoms with Crippen LogP contribution in [0.15, 0.2) is 36.4 Å². The Balaban J connectivity index is 0.000000429. The summed E-state index contributed by atoms with van der Waals surface area (Å²) >= 11 is 5.95. The van der Waals surface area contributed by atoms with Crippen molar-refractivity contribution in [1.82, 2.24) is 14.8 Å². The van der Waals surface area contributed by atoms with Gasteiger partial charge in [-0.15, -0.1) is 0 Å². The zero-order chi connectivity index (χ0) is 25.5. The summed E-state index contributed by atoms with van der Waals surface area (Å²) in [6.07, 6.45) is 1.25. The highest BCUT2D eigenvalue weighted by molar-refractivity contribution is 6.30. The normalized spacial score (nSPS) is 13.4. The molecule has 0 amide bonds. The van der Waals surface area contributed by atoms with Crippen molar-refractivity contribution in [3.05, 3.63) is 69.4 Å². The second-order valence-electron chi connectivity index (χ2n) is 8.73. The standard InChI is InChI=1S/C22H21ClN2O3.C6H15N/c1-2-25-10-9-14-5-8-16-19(22(27)28)21(26)18(24-20(16)17(14)12-25)11-13-3-6-15(23)7-4-13;1-4-7(5-2)6-3/h3-8,26H,2,9-12H2,1H3,(H,27,28);4-6H2,1-3H3. The molecule has 0 saturated carbocycles. The van der Waals surface area contributed by atoms with E-state index in [1.54, 1.807) is 18.2 Å². The molecule has 0 fully saturated rings.